The van der Waals surface area contributed by atoms with Gasteiger partial charge in [0.15, 0.2) is 17.7 Å². The maximum Gasteiger partial charge on any atom is 0.407 e. The summed E-state index contributed by atoms with van der Waals surface area (Å²) < 4.78 is 24.3. The fourth-order valence-electron chi connectivity index (χ4n) is 2.10. The van der Waals surface area contributed by atoms with Crippen molar-refractivity contribution in [1.29, 1.82) is 0 Å². The predicted octanol–water partition coefficient (Wildman–Crippen LogP) is 1.56. The van der Waals surface area contributed by atoms with Crippen LogP contribution >= 0.6 is 0 Å². The average Bonchev–Trinajstić information content (AvgIpc) is 3.17. The quantitative estimate of drug-likeness (QED) is 0.830. The lowest BCUT2D eigenvalue weighted by atomic mass is 10.2. The first kappa shape index (κ1) is 13.2. The van der Waals surface area contributed by atoms with Gasteiger partial charge in [0.05, 0.1) is 6.54 Å². The Morgan fingerprint density at radius 3 is 3.00 bits per heavy atom. The molecule has 1 aliphatic carbocycles. The minimum absolute atomic E-state index is 0.149. The van der Waals surface area contributed by atoms with Crippen molar-refractivity contribution in [1.82, 2.24) is 10.6 Å². The molecule has 1 unspecified atom stereocenters. The first-order valence-electron chi connectivity index (χ1n) is 6.80. The molecule has 1 saturated heterocycles. The van der Waals surface area contributed by atoms with Gasteiger partial charge in [-0.15, -0.1) is 0 Å². The van der Waals surface area contributed by atoms with Crippen molar-refractivity contribution >= 4 is 6.09 Å². The second kappa shape index (κ2) is 5.66. The molecule has 3 rings (SSSR count). The number of halogens is 1. The van der Waals surface area contributed by atoms with E-state index in [1.54, 1.807) is 6.07 Å². The molecule has 5 nitrogen and oxygen atoms in total. The second-order valence-corrected chi connectivity index (χ2v) is 5.10. The number of hydrogen-bond acceptors (Lipinski definition) is 4. The van der Waals surface area contributed by atoms with E-state index in [9.17, 15) is 9.18 Å². The summed E-state index contributed by atoms with van der Waals surface area (Å²) in [6, 6.07) is 5.43. The largest absolute Gasteiger partial charge is 0.486 e. The molecule has 0 radical (unpaired) electrons. The normalized spacial score (nSPS) is 21.4. The monoisotopic (exact) mass is 280 g/mol. The van der Waals surface area contributed by atoms with Gasteiger partial charge in [0.2, 0.25) is 0 Å². The van der Waals surface area contributed by atoms with Gasteiger partial charge in [-0.3, -0.25) is 0 Å². The number of para-hydroxylation sites is 1. The molecule has 2 aliphatic rings. The van der Waals surface area contributed by atoms with Gasteiger partial charge in [-0.25, -0.2) is 9.18 Å². The van der Waals surface area contributed by atoms with Crippen molar-refractivity contribution in [2.24, 2.45) is 0 Å². The number of amides is 1. The Bertz CT molecular complexity index is 505. The van der Waals surface area contributed by atoms with E-state index in [2.05, 4.69) is 10.6 Å². The molecule has 1 aliphatic heterocycles. The third kappa shape index (κ3) is 3.19. The van der Waals surface area contributed by atoms with Crippen LogP contribution in [0.1, 0.15) is 18.4 Å². The number of nitrogens with one attached hydrogen (secondary N) is 2. The summed E-state index contributed by atoms with van der Waals surface area (Å²) in [7, 11) is 0. The van der Waals surface area contributed by atoms with Gasteiger partial charge >= 0.3 is 6.09 Å². The molecule has 20 heavy (non-hydrogen) atoms. The molecule has 2 fully saturated rings. The molecule has 2 N–H and O–H groups in total. The smallest absolute Gasteiger partial charge is 0.407 e. The van der Waals surface area contributed by atoms with Crippen LogP contribution in [0.5, 0.6) is 5.75 Å². The van der Waals surface area contributed by atoms with Gasteiger partial charge in [0.25, 0.3) is 0 Å². The number of cyclic esters (lactones) is 1. The fraction of sp³-hybridized carbons (Fsp3) is 0.500. The first-order chi connectivity index (χ1) is 9.72. The number of hydrogen-bond donors (Lipinski definition) is 2. The molecular formula is C14H17FN2O3. The number of alkyl carbamates (subject to hydrolysis) is 1. The van der Waals surface area contributed by atoms with Crippen LogP contribution in [0, 0.1) is 5.82 Å². The molecule has 1 atom stereocenters. The Morgan fingerprint density at radius 2 is 2.30 bits per heavy atom. The SMILES string of the molecule is O=C1NCC(COc2c(F)cccc2CNC2CC2)O1. The Balaban J connectivity index is 1.62. The fourth-order valence-corrected chi connectivity index (χ4v) is 2.10. The van der Waals surface area contributed by atoms with Crippen molar-refractivity contribution in [3.05, 3.63) is 29.6 Å². The van der Waals surface area contributed by atoms with Crippen LogP contribution < -0.4 is 15.4 Å². The van der Waals surface area contributed by atoms with E-state index in [1.807, 2.05) is 6.07 Å². The van der Waals surface area contributed by atoms with Crippen LogP contribution in [0.3, 0.4) is 0 Å². The van der Waals surface area contributed by atoms with E-state index in [0.29, 0.717) is 19.1 Å². The standard InChI is InChI=1S/C14H17FN2O3/c15-12-3-1-2-9(6-16-10-4-5-10)13(12)19-8-11-7-17-14(18)20-11/h1-3,10-11,16H,4-8H2,(H,17,18). The third-order valence-electron chi connectivity index (χ3n) is 3.37. The summed E-state index contributed by atoms with van der Waals surface area (Å²) >= 11 is 0. The molecule has 0 aromatic heterocycles. The molecule has 1 aromatic rings. The summed E-state index contributed by atoms with van der Waals surface area (Å²) in [6.07, 6.45) is 1.53. The Hall–Kier alpha value is -1.82. The van der Waals surface area contributed by atoms with Crippen LogP contribution in [-0.4, -0.2) is 31.4 Å². The lowest BCUT2D eigenvalue weighted by molar-refractivity contribution is 0.103. The molecule has 1 aromatic carbocycles. The van der Waals surface area contributed by atoms with Gasteiger partial charge in [0.1, 0.15) is 6.61 Å². The van der Waals surface area contributed by atoms with E-state index < -0.39 is 11.9 Å². The summed E-state index contributed by atoms with van der Waals surface area (Å²) in [5.74, 6) is -0.152. The summed E-state index contributed by atoms with van der Waals surface area (Å²) in [6.45, 7) is 1.12. The minimum Gasteiger partial charge on any atom is -0.486 e. The van der Waals surface area contributed by atoms with Crippen LogP contribution in [0.25, 0.3) is 0 Å². The van der Waals surface area contributed by atoms with E-state index in [0.717, 1.165) is 5.56 Å². The Labute approximate surface area is 116 Å². The van der Waals surface area contributed by atoms with Gasteiger partial charge in [-0.05, 0) is 18.9 Å². The molecule has 6 heteroatoms. The number of carbonyl (C=O) groups excluding carboxylic acids is 1. The van der Waals surface area contributed by atoms with E-state index in [1.165, 1.54) is 18.9 Å². The zero-order valence-electron chi connectivity index (χ0n) is 11.0. The van der Waals surface area contributed by atoms with Crippen LogP contribution in [0.4, 0.5) is 9.18 Å². The van der Waals surface area contributed by atoms with Crippen molar-refractivity contribution in [3.63, 3.8) is 0 Å². The van der Waals surface area contributed by atoms with Gasteiger partial charge in [0, 0.05) is 18.2 Å². The predicted molar refractivity (Wildman–Crippen MR) is 70.0 cm³/mol. The average molecular weight is 280 g/mol. The molecule has 0 bridgehead atoms. The Morgan fingerprint density at radius 1 is 1.45 bits per heavy atom. The number of benzene rings is 1. The lowest BCUT2D eigenvalue weighted by Crippen LogP contribution is -2.23. The van der Waals surface area contributed by atoms with Crippen LogP contribution in [-0.2, 0) is 11.3 Å². The van der Waals surface area contributed by atoms with Crippen molar-refractivity contribution in [3.8, 4) is 5.75 Å². The molecular weight excluding hydrogens is 263 g/mol. The van der Waals surface area contributed by atoms with E-state index >= 15 is 0 Å². The third-order valence-corrected chi connectivity index (χ3v) is 3.37. The van der Waals surface area contributed by atoms with Crippen LogP contribution in [0.2, 0.25) is 0 Å². The topological polar surface area (TPSA) is 59.6 Å². The highest BCUT2D eigenvalue weighted by atomic mass is 19.1. The second-order valence-electron chi connectivity index (χ2n) is 5.10. The van der Waals surface area contributed by atoms with Crippen molar-refractivity contribution < 1.29 is 18.7 Å². The van der Waals surface area contributed by atoms with Crippen LogP contribution in [0.15, 0.2) is 18.2 Å². The lowest BCUT2D eigenvalue weighted by Gasteiger charge is -2.15. The van der Waals surface area contributed by atoms with Gasteiger partial charge in [-0.1, -0.05) is 12.1 Å². The highest BCUT2D eigenvalue weighted by Gasteiger charge is 2.24. The number of ether oxygens (including phenoxy) is 2. The van der Waals surface area contributed by atoms with Crippen molar-refractivity contribution in [2.75, 3.05) is 13.2 Å². The highest BCUT2D eigenvalue weighted by Crippen LogP contribution is 2.25. The molecule has 108 valence electrons. The molecule has 0 spiro atoms. The highest BCUT2D eigenvalue weighted by molar-refractivity contribution is 5.69. The first-order valence-corrected chi connectivity index (χ1v) is 6.80. The van der Waals surface area contributed by atoms with Gasteiger partial charge < -0.3 is 20.1 Å². The Kier molecular flexibility index (Phi) is 3.73. The summed E-state index contributed by atoms with van der Waals surface area (Å²) in [4.78, 5) is 10.9. The molecule has 1 heterocycles. The zero-order valence-corrected chi connectivity index (χ0v) is 11.0. The molecule has 1 saturated carbocycles. The summed E-state index contributed by atoms with van der Waals surface area (Å²) in [5, 5.41) is 5.87. The maximum atomic E-state index is 13.9. The van der Waals surface area contributed by atoms with Gasteiger partial charge in [-0.2, -0.15) is 0 Å². The minimum atomic E-state index is -0.456. The van der Waals surface area contributed by atoms with E-state index in [-0.39, 0.29) is 18.5 Å². The number of rotatable bonds is 6. The van der Waals surface area contributed by atoms with Crippen molar-refractivity contribution in [2.45, 2.75) is 31.5 Å². The molecule has 1 amide bonds. The zero-order chi connectivity index (χ0) is 13.9. The van der Waals surface area contributed by atoms with E-state index in [4.69, 9.17) is 9.47 Å². The maximum absolute atomic E-state index is 13.9. The number of carbonyl (C=O) groups is 1. The summed E-state index contributed by atoms with van der Waals surface area (Å²) in [5.41, 5.74) is 0.786.